The number of ether oxygens (including phenoxy) is 2. The first-order valence-electron chi connectivity index (χ1n) is 10.8. The van der Waals surface area contributed by atoms with Crippen molar-refractivity contribution in [3.63, 3.8) is 0 Å². The standard InChI is InChI=1S/C26H25ClN2O4S/c1-32-22-4-2-3-5-23(22)33-15-14-28-25(31)19-8-10-20(11-9-19)26-29(24(30)17-34-26)16-18-6-12-21(27)13-7-18/h2-13,26H,14-17H2,1H3,(H,28,31)/t26-/m1/s1. The first-order valence-corrected chi connectivity index (χ1v) is 12.3. The molecule has 1 fully saturated rings. The Balaban J connectivity index is 1.32. The molecule has 1 saturated heterocycles. The van der Waals surface area contributed by atoms with Crippen molar-refractivity contribution in [1.29, 1.82) is 0 Å². The minimum atomic E-state index is -0.177. The fourth-order valence-electron chi connectivity index (χ4n) is 3.65. The highest BCUT2D eigenvalue weighted by atomic mass is 35.5. The number of nitrogens with one attached hydrogen (secondary N) is 1. The SMILES string of the molecule is COc1ccccc1OCCNC(=O)c1ccc([C@H]2SCC(=O)N2Cc2ccc(Cl)cc2)cc1. The third-order valence-electron chi connectivity index (χ3n) is 5.41. The maximum absolute atomic E-state index is 12.5. The zero-order chi connectivity index (χ0) is 23.9. The number of methoxy groups -OCH3 is 1. The Morgan fingerprint density at radius 3 is 2.47 bits per heavy atom. The summed E-state index contributed by atoms with van der Waals surface area (Å²) in [6.07, 6.45) is 0. The number of hydrogen-bond acceptors (Lipinski definition) is 5. The Morgan fingerprint density at radius 2 is 1.76 bits per heavy atom. The van der Waals surface area contributed by atoms with E-state index in [4.69, 9.17) is 21.1 Å². The van der Waals surface area contributed by atoms with Gasteiger partial charge in [0.25, 0.3) is 5.91 Å². The second-order valence-corrected chi connectivity index (χ2v) is 9.19. The third kappa shape index (κ3) is 5.85. The molecule has 8 heteroatoms. The Kier molecular flexibility index (Phi) is 7.98. The van der Waals surface area contributed by atoms with Crippen LogP contribution in [0.5, 0.6) is 11.5 Å². The lowest BCUT2D eigenvalue weighted by molar-refractivity contribution is -0.128. The smallest absolute Gasteiger partial charge is 0.251 e. The van der Waals surface area contributed by atoms with Gasteiger partial charge >= 0.3 is 0 Å². The molecule has 0 aromatic heterocycles. The van der Waals surface area contributed by atoms with E-state index in [2.05, 4.69) is 5.32 Å². The second-order valence-electron chi connectivity index (χ2n) is 7.69. The van der Waals surface area contributed by atoms with Crippen molar-refractivity contribution in [2.45, 2.75) is 11.9 Å². The highest BCUT2D eigenvalue weighted by Gasteiger charge is 2.32. The highest BCUT2D eigenvalue weighted by Crippen LogP contribution is 2.39. The number of halogens is 1. The minimum absolute atomic E-state index is 0.0884. The van der Waals surface area contributed by atoms with Gasteiger partial charge in [-0.25, -0.2) is 0 Å². The molecule has 0 aliphatic carbocycles. The summed E-state index contributed by atoms with van der Waals surface area (Å²) < 4.78 is 10.9. The summed E-state index contributed by atoms with van der Waals surface area (Å²) in [5.74, 6) is 1.64. The molecule has 1 atom stereocenters. The summed E-state index contributed by atoms with van der Waals surface area (Å²) in [7, 11) is 1.59. The maximum Gasteiger partial charge on any atom is 0.251 e. The Hall–Kier alpha value is -3.16. The summed E-state index contributed by atoms with van der Waals surface area (Å²) in [6.45, 7) is 1.20. The predicted octanol–water partition coefficient (Wildman–Crippen LogP) is 4.93. The van der Waals surface area contributed by atoms with Crippen LogP contribution in [0.15, 0.2) is 72.8 Å². The number of thioether (sulfide) groups is 1. The van der Waals surface area contributed by atoms with Gasteiger partial charge in [0, 0.05) is 17.1 Å². The van der Waals surface area contributed by atoms with Crippen molar-refractivity contribution in [3.05, 3.63) is 94.5 Å². The molecule has 0 saturated carbocycles. The molecule has 0 radical (unpaired) electrons. The number of rotatable bonds is 9. The molecule has 1 aliphatic heterocycles. The van der Waals surface area contributed by atoms with Gasteiger partial charge < -0.3 is 19.7 Å². The van der Waals surface area contributed by atoms with Gasteiger partial charge in [-0.15, -0.1) is 11.8 Å². The summed E-state index contributed by atoms with van der Waals surface area (Å²) >= 11 is 7.56. The van der Waals surface area contributed by atoms with Crippen molar-refractivity contribution in [3.8, 4) is 11.5 Å². The molecular formula is C26H25ClN2O4S. The van der Waals surface area contributed by atoms with E-state index in [1.54, 1.807) is 31.0 Å². The molecular weight excluding hydrogens is 472 g/mol. The minimum Gasteiger partial charge on any atom is -0.493 e. The van der Waals surface area contributed by atoms with Crippen molar-refractivity contribution in [2.24, 2.45) is 0 Å². The van der Waals surface area contributed by atoms with E-state index < -0.39 is 0 Å². The largest absolute Gasteiger partial charge is 0.493 e. The van der Waals surface area contributed by atoms with Crippen LogP contribution < -0.4 is 14.8 Å². The fraction of sp³-hybridized carbons (Fsp3) is 0.231. The maximum atomic E-state index is 12.5. The fourth-order valence-corrected chi connectivity index (χ4v) is 4.97. The molecule has 2 amide bonds. The molecule has 1 N–H and O–H groups in total. The van der Waals surface area contributed by atoms with E-state index in [-0.39, 0.29) is 17.2 Å². The summed E-state index contributed by atoms with van der Waals surface area (Å²) in [5, 5.41) is 3.44. The van der Waals surface area contributed by atoms with Crippen LogP contribution in [-0.2, 0) is 11.3 Å². The van der Waals surface area contributed by atoms with Gasteiger partial charge in [0.15, 0.2) is 11.5 Å². The molecule has 34 heavy (non-hydrogen) atoms. The molecule has 0 spiro atoms. The summed E-state index contributed by atoms with van der Waals surface area (Å²) in [5.41, 5.74) is 2.57. The number of hydrogen-bond donors (Lipinski definition) is 1. The van der Waals surface area contributed by atoms with E-state index in [1.165, 1.54) is 0 Å². The van der Waals surface area contributed by atoms with E-state index in [0.29, 0.717) is 47.5 Å². The van der Waals surface area contributed by atoms with Gasteiger partial charge in [-0.2, -0.15) is 0 Å². The monoisotopic (exact) mass is 496 g/mol. The molecule has 0 unspecified atom stereocenters. The average Bonchev–Trinajstić information content (AvgIpc) is 3.23. The first kappa shape index (κ1) is 24.0. The van der Waals surface area contributed by atoms with Gasteiger partial charge in [0.05, 0.1) is 19.4 Å². The van der Waals surface area contributed by atoms with Gasteiger partial charge in [0.2, 0.25) is 5.91 Å². The molecule has 4 rings (SSSR count). The number of carbonyl (C=O) groups excluding carboxylic acids is 2. The summed E-state index contributed by atoms with van der Waals surface area (Å²) in [6, 6.07) is 22.3. The number of amides is 2. The van der Waals surface area contributed by atoms with Crippen molar-refractivity contribution in [2.75, 3.05) is 26.0 Å². The lowest BCUT2D eigenvalue weighted by atomic mass is 10.1. The number of carbonyl (C=O) groups is 2. The lowest BCUT2D eigenvalue weighted by Gasteiger charge is -2.24. The Morgan fingerprint density at radius 1 is 1.06 bits per heavy atom. The Bertz CT molecular complexity index is 1140. The molecule has 0 bridgehead atoms. The van der Waals surface area contributed by atoms with Gasteiger partial charge in [0.1, 0.15) is 12.0 Å². The predicted molar refractivity (Wildman–Crippen MR) is 134 cm³/mol. The number of benzene rings is 3. The quantitative estimate of drug-likeness (QED) is 0.425. The van der Waals surface area contributed by atoms with Crippen LogP contribution in [0.25, 0.3) is 0 Å². The number of para-hydroxylation sites is 2. The van der Waals surface area contributed by atoms with Crippen LogP contribution in [-0.4, -0.2) is 42.7 Å². The van der Waals surface area contributed by atoms with E-state index in [9.17, 15) is 9.59 Å². The van der Waals surface area contributed by atoms with Crippen LogP contribution in [0.4, 0.5) is 0 Å². The van der Waals surface area contributed by atoms with Crippen molar-refractivity contribution in [1.82, 2.24) is 10.2 Å². The van der Waals surface area contributed by atoms with Crippen LogP contribution in [0.1, 0.15) is 26.9 Å². The summed E-state index contributed by atoms with van der Waals surface area (Å²) in [4.78, 5) is 26.9. The first-order chi connectivity index (χ1) is 16.5. The van der Waals surface area contributed by atoms with E-state index in [0.717, 1.165) is 11.1 Å². The molecule has 1 aliphatic rings. The molecule has 6 nitrogen and oxygen atoms in total. The van der Waals surface area contributed by atoms with Gasteiger partial charge in [-0.1, -0.05) is 48.0 Å². The zero-order valence-corrected chi connectivity index (χ0v) is 20.3. The topological polar surface area (TPSA) is 67.9 Å². The van der Waals surface area contributed by atoms with Gasteiger partial charge in [-0.3, -0.25) is 9.59 Å². The molecule has 176 valence electrons. The lowest BCUT2D eigenvalue weighted by Crippen LogP contribution is -2.28. The van der Waals surface area contributed by atoms with Crippen LogP contribution in [0.3, 0.4) is 0 Å². The highest BCUT2D eigenvalue weighted by molar-refractivity contribution is 8.00. The molecule has 1 heterocycles. The second kappa shape index (κ2) is 11.3. The molecule has 3 aromatic carbocycles. The van der Waals surface area contributed by atoms with Crippen LogP contribution in [0, 0.1) is 0 Å². The van der Waals surface area contributed by atoms with Crippen molar-refractivity contribution >= 4 is 35.2 Å². The number of nitrogens with zero attached hydrogens (tertiary/aromatic N) is 1. The van der Waals surface area contributed by atoms with E-state index in [1.807, 2.05) is 65.6 Å². The third-order valence-corrected chi connectivity index (χ3v) is 6.91. The van der Waals surface area contributed by atoms with Crippen LogP contribution in [0.2, 0.25) is 5.02 Å². The van der Waals surface area contributed by atoms with Crippen LogP contribution >= 0.6 is 23.4 Å². The zero-order valence-electron chi connectivity index (χ0n) is 18.7. The normalized spacial score (nSPS) is 15.3. The Labute approximate surface area is 208 Å². The average molecular weight is 497 g/mol. The van der Waals surface area contributed by atoms with Crippen molar-refractivity contribution < 1.29 is 19.1 Å². The molecule has 3 aromatic rings. The van der Waals surface area contributed by atoms with Gasteiger partial charge in [-0.05, 0) is 47.5 Å². The van der Waals surface area contributed by atoms with E-state index >= 15 is 0 Å².